The third-order valence-electron chi connectivity index (χ3n) is 10.4. The summed E-state index contributed by atoms with van der Waals surface area (Å²) in [4.78, 5) is 5.38. The zero-order chi connectivity index (χ0) is 33.5. The fourth-order valence-electron chi connectivity index (χ4n) is 8.13. The highest BCUT2D eigenvalue weighted by Gasteiger charge is 2.24. The van der Waals surface area contributed by atoms with Crippen molar-refractivity contribution in [3.8, 4) is 17.1 Å². The highest BCUT2D eigenvalue weighted by molar-refractivity contribution is 6.25. The molecule has 0 radical (unpaired) electrons. The van der Waals surface area contributed by atoms with Gasteiger partial charge in [0.1, 0.15) is 23.1 Å². The molecular weight excluding hydrogens is 625 g/mol. The second-order valence-corrected chi connectivity index (χ2v) is 13.2. The monoisotopic (exact) mass is 654 g/mol. The Labute approximate surface area is 293 Å². The SMILES string of the molecule is C1=CC(n2c3ccccc3c3c4c(ccc32)c2ccccc2n4-c2cccc(-c3ccc4oc5ccccc5c4c3)n2)NC(c2ccccc2)=C1. The van der Waals surface area contributed by atoms with Gasteiger partial charge in [-0.05, 0) is 72.3 Å². The van der Waals surface area contributed by atoms with Gasteiger partial charge in [-0.1, -0.05) is 103 Å². The second kappa shape index (κ2) is 10.8. The van der Waals surface area contributed by atoms with E-state index in [0.29, 0.717) is 0 Å². The number of para-hydroxylation sites is 3. The summed E-state index contributed by atoms with van der Waals surface area (Å²) >= 11 is 0. The zero-order valence-corrected chi connectivity index (χ0v) is 27.5. The van der Waals surface area contributed by atoms with Gasteiger partial charge in [0, 0.05) is 43.6 Å². The summed E-state index contributed by atoms with van der Waals surface area (Å²) in [6, 6.07) is 53.5. The van der Waals surface area contributed by atoms with Crippen molar-refractivity contribution in [3.05, 3.63) is 175 Å². The van der Waals surface area contributed by atoms with Crippen LogP contribution in [-0.2, 0) is 0 Å². The molecule has 1 unspecified atom stereocenters. The zero-order valence-electron chi connectivity index (χ0n) is 27.5. The largest absolute Gasteiger partial charge is 0.456 e. The number of aromatic nitrogens is 3. The number of dihydropyridines is 1. The Morgan fingerprint density at radius 2 is 1.31 bits per heavy atom. The molecule has 0 fully saturated rings. The molecule has 51 heavy (non-hydrogen) atoms. The smallest absolute Gasteiger partial charge is 0.138 e. The summed E-state index contributed by atoms with van der Waals surface area (Å²) in [5.74, 6) is 0.880. The summed E-state index contributed by atoms with van der Waals surface area (Å²) in [6.07, 6.45) is 6.49. The normalized spacial score (nSPS) is 14.7. The van der Waals surface area contributed by atoms with E-state index in [2.05, 4.69) is 172 Å². The van der Waals surface area contributed by atoms with E-state index in [1.807, 2.05) is 12.1 Å². The van der Waals surface area contributed by atoms with Crippen LogP contribution in [-0.4, -0.2) is 14.1 Å². The van der Waals surface area contributed by atoms with E-state index in [-0.39, 0.29) is 6.17 Å². The van der Waals surface area contributed by atoms with Crippen LogP contribution in [0, 0.1) is 0 Å². The highest BCUT2D eigenvalue weighted by Crippen LogP contribution is 2.42. The molecule has 5 heterocycles. The van der Waals surface area contributed by atoms with Gasteiger partial charge in [-0.15, -0.1) is 0 Å². The van der Waals surface area contributed by atoms with E-state index >= 15 is 0 Å². The van der Waals surface area contributed by atoms with Crippen molar-refractivity contribution in [2.24, 2.45) is 0 Å². The lowest BCUT2D eigenvalue weighted by Gasteiger charge is -2.25. The molecule has 1 N–H and O–H groups in total. The second-order valence-electron chi connectivity index (χ2n) is 13.2. The van der Waals surface area contributed by atoms with Crippen LogP contribution in [0.15, 0.2) is 174 Å². The van der Waals surface area contributed by atoms with Gasteiger partial charge in [0.15, 0.2) is 0 Å². The van der Waals surface area contributed by atoms with Crippen molar-refractivity contribution in [2.45, 2.75) is 6.17 Å². The molecule has 1 aliphatic rings. The Morgan fingerprint density at radius 1 is 0.549 bits per heavy atom. The molecule has 11 rings (SSSR count). The van der Waals surface area contributed by atoms with E-state index < -0.39 is 0 Å². The minimum Gasteiger partial charge on any atom is -0.456 e. The summed E-state index contributed by atoms with van der Waals surface area (Å²) in [6.45, 7) is 0. The molecule has 240 valence electrons. The lowest BCUT2D eigenvalue weighted by molar-refractivity contribution is 0.589. The number of allylic oxidation sites excluding steroid dienone is 2. The first-order chi connectivity index (χ1) is 25.3. The minimum absolute atomic E-state index is 0.0711. The highest BCUT2D eigenvalue weighted by atomic mass is 16.3. The van der Waals surface area contributed by atoms with Crippen molar-refractivity contribution >= 4 is 71.2 Å². The van der Waals surface area contributed by atoms with E-state index in [1.54, 1.807) is 0 Å². The lowest BCUT2D eigenvalue weighted by Crippen LogP contribution is -2.25. The molecule has 0 saturated heterocycles. The molecule has 5 nitrogen and oxygen atoms in total. The van der Waals surface area contributed by atoms with Crippen LogP contribution in [0.25, 0.3) is 88.3 Å². The average molecular weight is 655 g/mol. The van der Waals surface area contributed by atoms with Gasteiger partial charge < -0.3 is 14.3 Å². The van der Waals surface area contributed by atoms with Crippen LogP contribution in [0.3, 0.4) is 0 Å². The molecular formula is C46H30N4O. The first kappa shape index (κ1) is 28.0. The number of nitrogens with zero attached hydrogens (tertiary/aromatic N) is 3. The maximum atomic E-state index is 6.13. The number of hydrogen-bond acceptors (Lipinski definition) is 3. The maximum Gasteiger partial charge on any atom is 0.138 e. The summed E-state index contributed by atoms with van der Waals surface area (Å²) in [5.41, 5.74) is 10.6. The minimum atomic E-state index is -0.0711. The van der Waals surface area contributed by atoms with Crippen LogP contribution >= 0.6 is 0 Å². The van der Waals surface area contributed by atoms with Crippen molar-refractivity contribution in [3.63, 3.8) is 0 Å². The molecule has 1 aliphatic heterocycles. The fraction of sp³-hybridized carbons (Fsp3) is 0.0217. The number of pyridine rings is 1. The number of furan rings is 1. The topological polar surface area (TPSA) is 47.9 Å². The van der Waals surface area contributed by atoms with Gasteiger partial charge >= 0.3 is 0 Å². The Kier molecular flexibility index (Phi) is 5.95. The van der Waals surface area contributed by atoms with Crippen molar-refractivity contribution in [1.82, 2.24) is 19.4 Å². The standard InChI is InChI=1S/C46H30N4O/c1-2-12-29(13-3-1)36-17-10-22-43(47-36)49-39-20-8-5-16-34(39)45-40(49)26-25-33-31-14-4-7-19-38(31)50(46(33)45)44-23-11-18-37(48-44)30-24-27-42-35(28-30)32-15-6-9-21-41(32)51-42/h1-28,43,47H. The first-order valence-electron chi connectivity index (χ1n) is 17.3. The number of nitrogens with one attached hydrogen (secondary N) is 1. The maximum absolute atomic E-state index is 6.13. The van der Waals surface area contributed by atoms with Gasteiger partial charge in [0.2, 0.25) is 0 Å². The summed E-state index contributed by atoms with van der Waals surface area (Å²) in [5, 5.41) is 10.9. The van der Waals surface area contributed by atoms with E-state index in [0.717, 1.165) is 61.3 Å². The number of hydrogen-bond donors (Lipinski definition) is 1. The Bertz CT molecular complexity index is 3070. The van der Waals surface area contributed by atoms with Gasteiger partial charge in [-0.25, -0.2) is 4.98 Å². The predicted molar refractivity (Wildman–Crippen MR) is 210 cm³/mol. The van der Waals surface area contributed by atoms with Gasteiger partial charge in [-0.2, -0.15) is 0 Å². The summed E-state index contributed by atoms with van der Waals surface area (Å²) < 4.78 is 10.9. The number of rotatable bonds is 4. The molecule has 0 bridgehead atoms. The Morgan fingerprint density at radius 3 is 2.22 bits per heavy atom. The lowest BCUT2D eigenvalue weighted by atomic mass is 10.1. The molecule has 0 aliphatic carbocycles. The van der Waals surface area contributed by atoms with Crippen LogP contribution in [0.1, 0.15) is 11.7 Å². The molecule has 1 atom stereocenters. The van der Waals surface area contributed by atoms with E-state index in [9.17, 15) is 0 Å². The van der Waals surface area contributed by atoms with E-state index in [1.165, 1.54) is 32.6 Å². The average Bonchev–Trinajstić information content (AvgIpc) is 3.86. The third-order valence-corrected chi connectivity index (χ3v) is 10.4. The summed E-state index contributed by atoms with van der Waals surface area (Å²) in [7, 11) is 0. The molecule has 5 heteroatoms. The predicted octanol–water partition coefficient (Wildman–Crippen LogP) is 11.6. The Hall–Kier alpha value is -6.85. The number of fused-ring (bicyclic) bond motifs is 10. The third kappa shape index (κ3) is 4.18. The van der Waals surface area contributed by atoms with E-state index in [4.69, 9.17) is 9.40 Å². The quantitative estimate of drug-likeness (QED) is 0.205. The molecule has 6 aromatic carbocycles. The molecule has 0 spiro atoms. The number of benzene rings is 6. The molecule has 4 aromatic heterocycles. The van der Waals surface area contributed by atoms with Crippen LogP contribution in [0.4, 0.5) is 0 Å². The molecule has 0 amide bonds. The van der Waals surface area contributed by atoms with Crippen molar-refractivity contribution in [1.29, 1.82) is 0 Å². The Balaban J connectivity index is 1.14. The first-order valence-corrected chi connectivity index (χ1v) is 17.3. The van der Waals surface area contributed by atoms with Gasteiger partial charge in [0.05, 0.1) is 27.8 Å². The molecule has 10 aromatic rings. The van der Waals surface area contributed by atoms with Crippen LogP contribution in [0.2, 0.25) is 0 Å². The van der Waals surface area contributed by atoms with Gasteiger partial charge in [0.25, 0.3) is 0 Å². The van der Waals surface area contributed by atoms with Crippen LogP contribution < -0.4 is 5.32 Å². The van der Waals surface area contributed by atoms with Gasteiger partial charge in [-0.3, -0.25) is 4.57 Å². The fourth-order valence-corrected chi connectivity index (χ4v) is 8.13. The van der Waals surface area contributed by atoms with Crippen LogP contribution in [0.5, 0.6) is 0 Å². The van der Waals surface area contributed by atoms with Crippen molar-refractivity contribution in [2.75, 3.05) is 0 Å². The van der Waals surface area contributed by atoms with Crippen molar-refractivity contribution < 1.29 is 4.42 Å². The molecule has 0 saturated carbocycles.